The normalized spacial score (nSPS) is 24.8. The molecule has 4 heteroatoms. The Morgan fingerprint density at radius 2 is 2.18 bits per heavy atom. The molecule has 3 N–H and O–H groups in total. The first-order valence-electron chi connectivity index (χ1n) is 5.96. The third-order valence-corrected chi connectivity index (χ3v) is 3.21. The van der Waals surface area contributed by atoms with Gasteiger partial charge in [-0.15, -0.1) is 0 Å². The second kappa shape index (κ2) is 5.29. The molecule has 0 unspecified atom stereocenters. The van der Waals surface area contributed by atoms with Crippen molar-refractivity contribution in [2.45, 2.75) is 25.0 Å². The quantitative estimate of drug-likeness (QED) is 0.791. The molecule has 0 saturated carbocycles. The second-order valence-corrected chi connectivity index (χ2v) is 4.54. The monoisotopic (exact) mass is 233 g/mol. The van der Waals surface area contributed by atoms with Gasteiger partial charge in [-0.3, -0.25) is 9.69 Å². The molecule has 0 radical (unpaired) electrons. The fourth-order valence-electron chi connectivity index (χ4n) is 2.37. The Bertz CT molecular complexity index is 380. The van der Waals surface area contributed by atoms with E-state index in [4.69, 9.17) is 5.73 Å². The van der Waals surface area contributed by atoms with Crippen LogP contribution < -0.4 is 11.1 Å². The lowest BCUT2D eigenvalue weighted by molar-refractivity contribution is -0.125. The van der Waals surface area contributed by atoms with Crippen LogP contribution in [-0.4, -0.2) is 36.5 Å². The van der Waals surface area contributed by atoms with Crippen molar-refractivity contribution in [2.24, 2.45) is 5.73 Å². The van der Waals surface area contributed by atoms with E-state index in [1.807, 2.05) is 18.2 Å². The Morgan fingerprint density at radius 3 is 2.82 bits per heavy atom. The number of carbonyl (C=O) groups is 1. The van der Waals surface area contributed by atoms with Gasteiger partial charge in [0.2, 0.25) is 5.91 Å². The highest BCUT2D eigenvalue weighted by Gasteiger charge is 2.34. The van der Waals surface area contributed by atoms with Crippen LogP contribution >= 0.6 is 0 Å². The van der Waals surface area contributed by atoms with E-state index in [-0.39, 0.29) is 18.0 Å². The van der Waals surface area contributed by atoms with E-state index in [0.717, 1.165) is 19.5 Å². The van der Waals surface area contributed by atoms with Gasteiger partial charge in [-0.2, -0.15) is 0 Å². The van der Waals surface area contributed by atoms with Gasteiger partial charge >= 0.3 is 0 Å². The minimum Gasteiger partial charge on any atom is -0.358 e. The average molecular weight is 233 g/mol. The van der Waals surface area contributed by atoms with Crippen LogP contribution in [0.15, 0.2) is 30.3 Å². The van der Waals surface area contributed by atoms with Crippen molar-refractivity contribution < 1.29 is 4.79 Å². The van der Waals surface area contributed by atoms with E-state index in [1.165, 1.54) is 5.56 Å². The largest absolute Gasteiger partial charge is 0.358 e. The maximum Gasteiger partial charge on any atom is 0.237 e. The number of nitrogens with two attached hydrogens (primary N) is 1. The summed E-state index contributed by atoms with van der Waals surface area (Å²) in [7, 11) is 1.67. The Kier molecular flexibility index (Phi) is 3.76. The highest BCUT2D eigenvalue weighted by molar-refractivity contribution is 5.81. The van der Waals surface area contributed by atoms with Crippen LogP contribution in [0.2, 0.25) is 0 Å². The predicted octanol–water partition coefficient (Wildman–Crippen LogP) is 0.334. The van der Waals surface area contributed by atoms with Crippen LogP contribution in [0.4, 0.5) is 0 Å². The molecule has 0 spiro atoms. The number of nitrogens with one attached hydrogen (secondary N) is 1. The number of carbonyl (C=O) groups excluding carboxylic acids is 1. The fourth-order valence-corrected chi connectivity index (χ4v) is 2.37. The molecule has 1 amide bonds. The summed E-state index contributed by atoms with van der Waals surface area (Å²) in [6, 6.07) is 10.2. The summed E-state index contributed by atoms with van der Waals surface area (Å²) in [6.45, 7) is 1.57. The number of rotatable bonds is 3. The van der Waals surface area contributed by atoms with E-state index in [1.54, 1.807) is 7.05 Å². The Hall–Kier alpha value is -1.39. The third-order valence-electron chi connectivity index (χ3n) is 3.21. The Morgan fingerprint density at radius 1 is 1.47 bits per heavy atom. The molecule has 2 rings (SSSR count). The number of likely N-dealkylation sites (tertiary alicyclic amines) is 1. The molecule has 1 heterocycles. The van der Waals surface area contributed by atoms with Crippen LogP contribution in [0.3, 0.4) is 0 Å². The van der Waals surface area contributed by atoms with Gasteiger partial charge in [0.15, 0.2) is 0 Å². The molecule has 1 aliphatic heterocycles. The van der Waals surface area contributed by atoms with Crippen molar-refractivity contribution >= 4 is 5.91 Å². The van der Waals surface area contributed by atoms with Crippen LogP contribution in [0.5, 0.6) is 0 Å². The van der Waals surface area contributed by atoms with E-state index in [2.05, 4.69) is 22.3 Å². The lowest BCUT2D eigenvalue weighted by atomic mass is 10.1. The number of nitrogens with zero attached hydrogens (tertiary/aromatic N) is 1. The first-order chi connectivity index (χ1) is 8.20. The van der Waals surface area contributed by atoms with Crippen molar-refractivity contribution in [3.63, 3.8) is 0 Å². The van der Waals surface area contributed by atoms with Crippen LogP contribution in [0, 0.1) is 0 Å². The SMILES string of the molecule is CNC(=O)[C@@H]1C[C@H](N)CN1Cc1ccccc1. The van der Waals surface area contributed by atoms with Gasteiger partial charge in [-0.05, 0) is 12.0 Å². The van der Waals surface area contributed by atoms with Crippen molar-refractivity contribution in [2.75, 3.05) is 13.6 Å². The summed E-state index contributed by atoms with van der Waals surface area (Å²) in [5.41, 5.74) is 7.16. The predicted molar refractivity (Wildman–Crippen MR) is 67.3 cm³/mol. The summed E-state index contributed by atoms with van der Waals surface area (Å²) in [5.74, 6) is 0.0638. The molecule has 1 aromatic rings. The molecule has 0 bridgehead atoms. The first kappa shape index (κ1) is 12.1. The molecule has 1 fully saturated rings. The van der Waals surface area contributed by atoms with Crippen molar-refractivity contribution in [1.82, 2.24) is 10.2 Å². The molecule has 92 valence electrons. The highest BCUT2D eigenvalue weighted by Crippen LogP contribution is 2.19. The number of hydrogen-bond acceptors (Lipinski definition) is 3. The van der Waals surface area contributed by atoms with Gasteiger partial charge in [0, 0.05) is 26.2 Å². The third kappa shape index (κ3) is 2.84. The zero-order valence-electron chi connectivity index (χ0n) is 10.1. The molecule has 2 atom stereocenters. The minimum absolute atomic E-state index is 0.0638. The lowest BCUT2D eigenvalue weighted by Gasteiger charge is -2.22. The zero-order chi connectivity index (χ0) is 12.3. The van der Waals surface area contributed by atoms with Crippen LogP contribution in [0.1, 0.15) is 12.0 Å². The first-order valence-corrected chi connectivity index (χ1v) is 5.96. The number of hydrogen-bond donors (Lipinski definition) is 2. The zero-order valence-corrected chi connectivity index (χ0v) is 10.1. The highest BCUT2D eigenvalue weighted by atomic mass is 16.2. The number of likely N-dealkylation sites (N-methyl/N-ethyl adjacent to an activating group) is 1. The molecule has 17 heavy (non-hydrogen) atoms. The van der Waals surface area contributed by atoms with Gasteiger partial charge < -0.3 is 11.1 Å². The second-order valence-electron chi connectivity index (χ2n) is 4.54. The van der Waals surface area contributed by atoms with Gasteiger partial charge in [-0.25, -0.2) is 0 Å². The number of amides is 1. The van der Waals surface area contributed by atoms with Crippen molar-refractivity contribution in [3.05, 3.63) is 35.9 Å². The van der Waals surface area contributed by atoms with E-state index in [9.17, 15) is 4.79 Å². The molecular formula is C13H19N3O. The van der Waals surface area contributed by atoms with E-state index in [0.29, 0.717) is 0 Å². The molecule has 1 saturated heterocycles. The summed E-state index contributed by atoms with van der Waals surface area (Å²) in [5, 5.41) is 2.71. The Labute approximate surface area is 102 Å². The minimum atomic E-state index is -0.0878. The van der Waals surface area contributed by atoms with Crippen molar-refractivity contribution in [1.29, 1.82) is 0 Å². The van der Waals surface area contributed by atoms with E-state index < -0.39 is 0 Å². The Balaban J connectivity index is 2.06. The van der Waals surface area contributed by atoms with Gasteiger partial charge in [0.1, 0.15) is 0 Å². The molecular weight excluding hydrogens is 214 g/mol. The maximum atomic E-state index is 11.8. The molecule has 0 aromatic heterocycles. The van der Waals surface area contributed by atoms with Crippen LogP contribution in [-0.2, 0) is 11.3 Å². The van der Waals surface area contributed by atoms with E-state index >= 15 is 0 Å². The molecule has 1 aliphatic rings. The lowest BCUT2D eigenvalue weighted by Crippen LogP contribution is -2.41. The summed E-state index contributed by atoms with van der Waals surface area (Å²) in [6.07, 6.45) is 0.743. The maximum absolute atomic E-state index is 11.8. The van der Waals surface area contributed by atoms with Crippen LogP contribution in [0.25, 0.3) is 0 Å². The van der Waals surface area contributed by atoms with Gasteiger partial charge in [0.05, 0.1) is 6.04 Å². The molecule has 0 aliphatic carbocycles. The summed E-state index contributed by atoms with van der Waals surface area (Å²) in [4.78, 5) is 13.9. The fraction of sp³-hybridized carbons (Fsp3) is 0.462. The topological polar surface area (TPSA) is 58.4 Å². The molecule has 1 aromatic carbocycles. The van der Waals surface area contributed by atoms with Gasteiger partial charge in [-0.1, -0.05) is 30.3 Å². The smallest absolute Gasteiger partial charge is 0.237 e. The summed E-state index contributed by atoms with van der Waals surface area (Å²) >= 11 is 0. The van der Waals surface area contributed by atoms with Gasteiger partial charge in [0.25, 0.3) is 0 Å². The standard InChI is InChI=1S/C13H19N3O/c1-15-13(17)12-7-11(14)9-16(12)8-10-5-3-2-4-6-10/h2-6,11-12H,7-9,14H2,1H3,(H,15,17)/t11-,12-/m0/s1. The summed E-state index contributed by atoms with van der Waals surface area (Å²) < 4.78 is 0. The van der Waals surface area contributed by atoms with Crippen molar-refractivity contribution in [3.8, 4) is 0 Å². The average Bonchev–Trinajstić information content (AvgIpc) is 2.70. The molecule has 4 nitrogen and oxygen atoms in total. The number of benzene rings is 1.